The summed E-state index contributed by atoms with van der Waals surface area (Å²) in [6, 6.07) is 3.59. The topological polar surface area (TPSA) is 51.2 Å². The van der Waals surface area contributed by atoms with E-state index in [4.69, 9.17) is 16.3 Å². The number of ether oxygens (including phenoxy) is 1. The zero-order valence-corrected chi connectivity index (χ0v) is 11.2. The molecule has 5 heteroatoms. The van der Waals surface area contributed by atoms with Gasteiger partial charge in [-0.05, 0) is 44.5 Å². The van der Waals surface area contributed by atoms with Gasteiger partial charge in [-0.3, -0.25) is 4.79 Å². The number of nitrogens with zero attached hydrogens (tertiary/aromatic N) is 1. The van der Waals surface area contributed by atoms with Crippen LogP contribution in [0.5, 0.6) is 0 Å². The van der Waals surface area contributed by atoms with Gasteiger partial charge >= 0.3 is 5.97 Å². The fourth-order valence-electron chi connectivity index (χ4n) is 2.39. The van der Waals surface area contributed by atoms with Gasteiger partial charge in [0.05, 0.1) is 12.0 Å². The Morgan fingerprint density at radius 1 is 1.50 bits per heavy atom. The van der Waals surface area contributed by atoms with Crippen LogP contribution in [0.3, 0.4) is 0 Å². The molecule has 18 heavy (non-hydrogen) atoms. The van der Waals surface area contributed by atoms with Crippen LogP contribution >= 0.6 is 11.6 Å². The fourth-order valence-corrected chi connectivity index (χ4v) is 2.50. The molecule has 0 atom stereocenters. The van der Waals surface area contributed by atoms with E-state index in [0.717, 1.165) is 31.5 Å². The van der Waals surface area contributed by atoms with E-state index in [1.165, 1.54) is 0 Å². The summed E-state index contributed by atoms with van der Waals surface area (Å²) in [5.41, 5.74) is 0.325. The molecule has 1 N–H and O–H groups in total. The Bertz CT molecular complexity index is 414. The van der Waals surface area contributed by atoms with Crippen LogP contribution in [-0.4, -0.2) is 30.6 Å². The quantitative estimate of drug-likeness (QED) is 0.672. The van der Waals surface area contributed by atoms with Gasteiger partial charge in [-0.15, -0.1) is 0 Å². The molecule has 0 unspecified atom stereocenters. The SMILES string of the molecule is CCOC(=O)C1(c2ccc(Cl)nc2)CCNCC1. The Hall–Kier alpha value is -1.13. The second kappa shape index (κ2) is 5.67. The minimum atomic E-state index is -0.571. The normalized spacial score (nSPS) is 18.3. The summed E-state index contributed by atoms with van der Waals surface area (Å²) in [4.78, 5) is 16.4. The highest BCUT2D eigenvalue weighted by molar-refractivity contribution is 6.29. The second-order valence-corrected chi connectivity index (χ2v) is 4.81. The van der Waals surface area contributed by atoms with E-state index in [1.807, 2.05) is 13.0 Å². The lowest BCUT2D eigenvalue weighted by atomic mass is 9.74. The van der Waals surface area contributed by atoms with Crippen LogP contribution in [0.15, 0.2) is 18.3 Å². The minimum absolute atomic E-state index is 0.157. The monoisotopic (exact) mass is 268 g/mol. The van der Waals surface area contributed by atoms with E-state index in [1.54, 1.807) is 12.3 Å². The molecule has 1 aromatic rings. The van der Waals surface area contributed by atoms with Crippen molar-refractivity contribution < 1.29 is 9.53 Å². The van der Waals surface area contributed by atoms with Gasteiger partial charge in [0.15, 0.2) is 0 Å². The maximum Gasteiger partial charge on any atom is 0.316 e. The van der Waals surface area contributed by atoms with Gasteiger partial charge in [-0.2, -0.15) is 0 Å². The van der Waals surface area contributed by atoms with Crippen molar-refractivity contribution in [1.29, 1.82) is 0 Å². The average Bonchev–Trinajstić information content (AvgIpc) is 2.40. The highest BCUT2D eigenvalue weighted by Gasteiger charge is 2.42. The summed E-state index contributed by atoms with van der Waals surface area (Å²) >= 11 is 5.80. The maximum absolute atomic E-state index is 12.3. The Labute approximate surface area is 112 Å². The largest absolute Gasteiger partial charge is 0.465 e. The Morgan fingerprint density at radius 3 is 2.78 bits per heavy atom. The van der Waals surface area contributed by atoms with Crippen LogP contribution in [0, 0.1) is 0 Å². The Balaban J connectivity index is 2.34. The predicted molar refractivity (Wildman–Crippen MR) is 69.7 cm³/mol. The molecule has 2 heterocycles. The van der Waals surface area contributed by atoms with Crippen molar-refractivity contribution in [3.05, 3.63) is 29.0 Å². The van der Waals surface area contributed by atoms with E-state index < -0.39 is 5.41 Å². The third kappa shape index (κ3) is 2.49. The third-order valence-corrected chi connectivity index (χ3v) is 3.63. The molecular weight excluding hydrogens is 252 g/mol. The number of pyridine rings is 1. The predicted octanol–water partition coefficient (Wildman–Crippen LogP) is 1.92. The highest BCUT2D eigenvalue weighted by atomic mass is 35.5. The molecule has 1 aromatic heterocycles. The average molecular weight is 269 g/mol. The Kier molecular flexibility index (Phi) is 4.19. The van der Waals surface area contributed by atoms with Crippen LogP contribution in [0.1, 0.15) is 25.3 Å². The first-order chi connectivity index (χ1) is 8.69. The zero-order chi connectivity index (χ0) is 13.0. The number of piperidine rings is 1. The van der Waals surface area contributed by atoms with Crippen LogP contribution in [-0.2, 0) is 14.9 Å². The molecule has 2 rings (SSSR count). The summed E-state index contributed by atoms with van der Waals surface area (Å²) in [5.74, 6) is -0.157. The lowest BCUT2D eigenvalue weighted by Gasteiger charge is -2.35. The number of nitrogens with one attached hydrogen (secondary N) is 1. The number of halogens is 1. The van der Waals surface area contributed by atoms with Crippen molar-refractivity contribution in [1.82, 2.24) is 10.3 Å². The summed E-state index contributed by atoms with van der Waals surface area (Å²) in [6.45, 7) is 3.84. The van der Waals surface area contributed by atoms with Crippen LogP contribution in [0.25, 0.3) is 0 Å². The number of hydrogen-bond donors (Lipinski definition) is 1. The molecule has 0 aromatic carbocycles. The number of esters is 1. The standard InChI is InChI=1S/C13H17ClN2O2/c1-2-18-12(17)13(5-7-15-8-6-13)10-3-4-11(14)16-9-10/h3-4,9,15H,2,5-8H2,1H3. The van der Waals surface area contributed by atoms with Crippen LogP contribution < -0.4 is 5.32 Å². The smallest absolute Gasteiger partial charge is 0.316 e. The van der Waals surface area contributed by atoms with E-state index >= 15 is 0 Å². The van der Waals surface area contributed by atoms with Crippen molar-refractivity contribution in [3.63, 3.8) is 0 Å². The summed E-state index contributed by atoms with van der Waals surface area (Å²) in [5, 5.41) is 3.70. The molecule has 0 amide bonds. The Morgan fingerprint density at radius 2 is 2.22 bits per heavy atom. The molecule has 0 bridgehead atoms. The highest BCUT2D eigenvalue weighted by Crippen LogP contribution is 2.34. The zero-order valence-electron chi connectivity index (χ0n) is 10.4. The minimum Gasteiger partial charge on any atom is -0.465 e. The van der Waals surface area contributed by atoms with Gasteiger partial charge < -0.3 is 10.1 Å². The first-order valence-electron chi connectivity index (χ1n) is 6.19. The van der Waals surface area contributed by atoms with Gasteiger partial charge in [0.25, 0.3) is 0 Å². The molecule has 1 fully saturated rings. The molecule has 0 saturated carbocycles. The van der Waals surface area contributed by atoms with Crippen molar-refractivity contribution in [2.45, 2.75) is 25.2 Å². The number of aromatic nitrogens is 1. The number of carbonyl (C=O) groups excluding carboxylic acids is 1. The number of hydrogen-bond acceptors (Lipinski definition) is 4. The van der Waals surface area contributed by atoms with Gasteiger partial charge in [0, 0.05) is 6.20 Å². The van der Waals surface area contributed by atoms with Gasteiger partial charge in [0.2, 0.25) is 0 Å². The molecule has 1 aliphatic rings. The van der Waals surface area contributed by atoms with Gasteiger partial charge in [0.1, 0.15) is 5.15 Å². The third-order valence-electron chi connectivity index (χ3n) is 3.40. The molecule has 0 aliphatic carbocycles. The van der Waals surface area contributed by atoms with Gasteiger partial charge in [-0.25, -0.2) is 4.98 Å². The number of rotatable bonds is 3. The van der Waals surface area contributed by atoms with Crippen LogP contribution in [0.4, 0.5) is 0 Å². The summed E-state index contributed by atoms with van der Waals surface area (Å²) in [7, 11) is 0. The maximum atomic E-state index is 12.3. The van der Waals surface area contributed by atoms with Crippen molar-refractivity contribution >= 4 is 17.6 Å². The number of carbonyl (C=O) groups is 1. The van der Waals surface area contributed by atoms with Crippen molar-refractivity contribution in [2.75, 3.05) is 19.7 Å². The second-order valence-electron chi connectivity index (χ2n) is 4.42. The van der Waals surface area contributed by atoms with Crippen molar-refractivity contribution in [3.8, 4) is 0 Å². The van der Waals surface area contributed by atoms with Gasteiger partial charge in [-0.1, -0.05) is 17.7 Å². The van der Waals surface area contributed by atoms with E-state index in [2.05, 4.69) is 10.3 Å². The lowest BCUT2D eigenvalue weighted by Crippen LogP contribution is -2.46. The molecule has 0 radical (unpaired) electrons. The fraction of sp³-hybridized carbons (Fsp3) is 0.538. The van der Waals surface area contributed by atoms with E-state index in [-0.39, 0.29) is 5.97 Å². The molecule has 0 spiro atoms. The molecule has 1 saturated heterocycles. The summed E-state index contributed by atoms with van der Waals surface area (Å²) < 4.78 is 5.24. The van der Waals surface area contributed by atoms with E-state index in [0.29, 0.717) is 11.8 Å². The first-order valence-corrected chi connectivity index (χ1v) is 6.57. The molecule has 98 valence electrons. The lowest BCUT2D eigenvalue weighted by molar-refractivity contribution is -0.151. The summed E-state index contributed by atoms with van der Waals surface area (Å²) in [6.07, 6.45) is 3.15. The molecule has 1 aliphatic heterocycles. The van der Waals surface area contributed by atoms with E-state index in [9.17, 15) is 4.79 Å². The molecular formula is C13H17ClN2O2. The molecule has 4 nitrogen and oxygen atoms in total. The first kappa shape index (κ1) is 13.3. The van der Waals surface area contributed by atoms with Crippen molar-refractivity contribution in [2.24, 2.45) is 0 Å². The van der Waals surface area contributed by atoms with Crippen LogP contribution in [0.2, 0.25) is 5.15 Å².